The molecule has 3 heteroatoms. The predicted molar refractivity (Wildman–Crippen MR) is 270 cm³/mol. The lowest BCUT2D eigenvalue weighted by molar-refractivity contribution is 1.18. The lowest BCUT2D eigenvalue weighted by Crippen LogP contribution is -2.12. The van der Waals surface area contributed by atoms with Crippen molar-refractivity contribution < 1.29 is 0 Å². The third kappa shape index (κ3) is 6.33. The average Bonchev–Trinajstić information content (AvgIpc) is 3.91. The van der Waals surface area contributed by atoms with E-state index in [1.54, 1.807) is 0 Å². The largest absolute Gasteiger partial charge is 0.310 e. The zero-order chi connectivity index (χ0) is 41.7. The van der Waals surface area contributed by atoms with Crippen LogP contribution in [0.15, 0.2) is 243 Å². The molecule has 0 aliphatic heterocycles. The molecule has 0 fully saturated rings. The third-order valence-electron chi connectivity index (χ3n) is 12.4. The molecule has 0 unspecified atom stereocenters. The van der Waals surface area contributed by atoms with Gasteiger partial charge in [0.2, 0.25) is 0 Å². The topological polar surface area (TPSA) is 8.17 Å². The minimum absolute atomic E-state index is 1.08. The molecule has 0 aliphatic rings. The van der Waals surface area contributed by atoms with E-state index in [-0.39, 0.29) is 0 Å². The summed E-state index contributed by atoms with van der Waals surface area (Å²) in [5.74, 6) is 0. The highest BCUT2D eigenvalue weighted by molar-refractivity contribution is 7.25. The summed E-state index contributed by atoms with van der Waals surface area (Å²) in [6.07, 6.45) is 0. The number of benzene rings is 10. The number of aromatic nitrogens is 1. The second-order valence-corrected chi connectivity index (χ2v) is 17.1. The molecular weight excluding hydrogens is 781 g/mol. The molecule has 0 spiro atoms. The van der Waals surface area contributed by atoms with Gasteiger partial charge in [0.1, 0.15) is 0 Å². The van der Waals surface area contributed by atoms with Gasteiger partial charge in [-0.3, -0.25) is 0 Å². The minimum Gasteiger partial charge on any atom is -0.310 e. The Kier molecular flexibility index (Phi) is 9.06. The average molecular weight is 821 g/mol. The van der Waals surface area contributed by atoms with E-state index in [4.69, 9.17) is 0 Å². The molecule has 2 nitrogen and oxygen atoms in total. The monoisotopic (exact) mass is 820 g/mol. The van der Waals surface area contributed by atoms with E-state index in [0.717, 1.165) is 28.3 Å². The quantitative estimate of drug-likeness (QED) is 0.148. The van der Waals surface area contributed by atoms with Gasteiger partial charge >= 0.3 is 0 Å². The summed E-state index contributed by atoms with van der Waals surface area (Å²) in [5.41, 5.74) is 16.3. The fraction of sp³-hybridized carbons (Fsp3) is 0. The second-order valence-electron chi connectivity index (χ2n) is 16.0. The van der Waals surface area contributed by atoms with Gasteiger partial charge < -0.3 is 9.47 Å². The van der Waals surface area contributed by atoms with Gasteiger partial charge in [0.15, 0.2) is 0 Å². The highest BCUT2D eigenvalue weighted by Gasteiger charge is 2.24. The maximum absolute atomic E-state index is 2.47. The van der Waals surface area contributed by atoms with Crippen molar-refractivity contribution in [2.45, 2.75) is 0 Å². The Labute approximate surface area is 370 Å². The normalized spacial score (nSPS) is 11.5. The van der Waals surface area contributed by atoms with E-state index in [0.29, 0.717) is 0 Å². The molecule has 12 aromatic rings. The van der Waals surface area contributed by atoms with Crippen LogP contribution >= 0.6 is 11.3 Å². The zero-order valence-electron chi connectivity index (χ0n) is 34.4. The number of hydrogen-bond acceptors (Lipinski definition) is 2. The van der Waals surface area contributed by atoms with E-state index in [2.05, 4.69) is 252 Å². The Hall–Kier alpha value is -7.98. The molecule has 2 aromatic heterocycles. The van der Waals surface area contributed by atoms with Gasteiger partial charge in [-0.05, 0) is 88.0 Å². The summed E-state index contributed by atoms with van der Waals surface area (Å²) in [6, 6.07) is 88.5. The number of anilines is 3. The number of para-hydroxylation sites is 3. The van der Waals surface area contributed by atoms with Crippen LogP contribution in [0.3, 0.4) is 0 Å². The Morgan fingerprint density at radius 3 is 1.65 bits per heavy atom. The number of hydrogen-bond donors (Lipinski definition) is 0. The van der Waals surface area contributed by atoms with E-state index < -0.39 is 0 Å². The molecule has 0 saturated heterocycles. The van der Waals surface area contributed by atoms with Crippen LogP contribution in [0.2, 0.25) is 0 Å². The summed E-state index contributed by atoms with van der Waals surface area (Å²) < 4.78 is 4.98. The number of fused-ring (bicyclic) bond motifs is 6. The first-order chi connectivity index (χ1) is 31.3. The highest BCUT2D eigenvalue weighted by Crippen LogP contribution is 2.49. The molecular formula is C60H40N2S. The van der Waals surface area contributed by atoms with Crippen molar-refractivity contribution in [3.63, 3.8) is 0 Å². The standard InChI is InChI=1S/C60H40N2S/c1-4-18-41(19-5-1)47-24-10-11-27-53(47)59-48(42-20-6-2-7-21-42)28-17-32-56(59)61(46-38-39-52-51-26-13-15-33-57(51)63-58(52)40-46)45-36-34-43(35-37-45)49-29-16-30-54-50-25-12-14-31-55(50)62(60(49)54)44-22-8-3-9-23-44/h1-40H. The minimum atomic E-state index is 1.08. The molecule has 0 aliphatic carbocycles. The van der Waals surface area contributed by atoms with Crippen LogP contribution < -0.4 is 4.90 Å². The molecule has 10 aromatic carbocycles. The van der Waals surface area contributed by atoms with Crippen LogP contribution in [-0.2, 0) is 0 Å². The van der Waals surface area contributed by atoms with Crippen LogP contribution in [0.5, 0.6) is 0 Å². The maximum atomic E-state index is 2.47. The van der Waals surface area contributed by atoms with Crippen molar-refractivity contribution in [1.29, 1.82) is 0 Å². The third-order valence-corrected chi connectivity index (χ3v) is 13.5. The first-order valence-electron chi connectivity index (χ1n) is 21.5. The Morgan fingerprint density at radius 1 is 0.333 bits per heavy atom. The Morgan fingerprint density at radius 2 is 0.873 bits per heavy atom. The summed E-state index contributed by atoms with van der Waals surface area (Å²) in [5, 5.41) is 5.07. The first kappa shape index (κ1) is 36.8. The van der Waals surface area contributed by atoms with Gasteiger partial charge in [-0.1, -0.05) is 188 Å². The van der Waals surface area contributed by atoms with E-state index in [1.165, 1.54) is 80.9 Å². The van der Waals surface area contributed by atoms with Gasteiger partial charge in [-0.25, -0.2) is 0 Å². The molecule has 0 amide bonds. The van der Waals surface area contributed by atoms with Crippen molar-refractivity contribution in [2.75, 3.05) is 4.90 Å². The fourth-order valence-electron chi connectivity index (χ4n) is 9.61. The van der Waals surface area contributed by atoms with Crippen LogP contribution in [0.25, 0.3) is 92.2 Å². The van der Waals surface area contributed by atoms with Crippen molar-refractivity contribution in [3.05, 3.63) is 243 Å². The van der Waals surface area contributed by atoms with Crippen LogP contribution in [0.1, 0.15) is 0 Å². The molecule has 0 saturated carbocycles. The summed E-state index contributed by atoms with van der Waals surface area (Å²) >= 11 is 1.86. The van der Waals surface area contributed by atoms with Crippen LogP contribution in [0.4, 0.5) is 17.1 Å². The Bertz CT molecular complexity index is 3600. The van der Waals surface area contributed by atoms with E-state index in [9.17, 15) is 0 Å². The van der Waals surface area contributed by atoms with Crippen LogP contribution in [0, 0.1) is 0 Å². The van der Waals surface area contributed by atoms with Crippen molar-refractivity contribution in [3.8, 4) is 50.2 Å². The Balaban J connectivity index is 1.10. The maximum Gasteiger partial charge on any atom is 0.0619 e. The van der Waals surface area contributed by atoms with E-state index >= 15 is 0 Å². The fourth-order valence-corrected chi connectivity index (χ4v) is 10.7. The molecule has 12 rings (SSSR count). The zero-order valence-corrected chi connectivity index (χ0v) is 35.2. The molecule has 0 bridgehead atoms. The summed E-state index contributed by atoms with van der Waals surface area (Å²) in [4.78, 5) is 2.47. The van der Waals surface area contributed by atoms with Crippen LogP contribution in [-0.4, -0.2) is 4.57 Å². The SMILES string of the molecule is c1ccc(-c2ccccc2-c2c(-c3ccccc3)cccc2N(c2ccc(-c3cccc4c5ccccc5n(-c5ccccc5)c34)cc2)c2ccc3c(c2)sc2ccccc23)cc1. The van der Waals surface area contributed by atoms with Gasteiger partial charge in [-0.15, -0.1) is 11.3 Å². The molecule has 296 valence electrons. The van der Waals surface area contributed by atoms with Gasteiger partial charge in [0.25, 0.3) is 0 Å². The lowest BCUT2D eigenvalue weighted by atomic mass is 9.87. The second kappa shape index (κ2) is 15.5. The van der Waals surface area contributed by atoms with Crippen molar-refractivity contribution in [1.82, 2.24) is 4.57 Å². The number of rotatable bonds is 8. The molecule has 2 heterocycles. The molecule has 0 N–H and O–H groups in total. The van der Waals surface area contributed by atoms with Gasteiger partial charge in [-0.2, -0.15) is 0 Å². The summed E-state index contributed by atoms with van der Waals surface area (Å²) in [7, 11) is 0. The predicted octanol–water partition coefficient (Wildman–Crippen LogP) is 17.3. The van der Waals surface area contributed by atoms with Gasteiger partial charge in [0, 0.05) is 59.1 Å². The molecule has 0 atom stereocenters. The van der Waals surface area contributed by atoms with Crippen molar-refractivity contribution >= 4 is 70.4 Å². The van der Waals surface area contributed by atoms with Gasteiger partial charge in [0.05, 0.1) is 16.7 Å². The van der Waals surface area contributed by atoms with E-state index in [1.807, 2.05) is 11.3 Å². The number of nitrogens with zero attached hydrogens (tertiary/aromatic N) is 2. The number of thiophene rings is 1. The van der Waals surface area contributed by atoms with Crippen molar-refractivity contribution in [2.24, 2.45) is 0 Å². The molecule has 63 heavy (non-hydrogen) atoms. The lowest BCUT2D eigenvalue weighted by Gasteiger charge is -2.30. The summed E-state index contributed by atoms with van der Waals surface area (Å²) in [6.45, 7) is 0. The first-order valence-corrected chi connectivity index (χ1v) is 22.3. The smallest absolute Gasteiger partial charge is 0.0619 e. The molecule has 0 radical (unpaired) electrons. The highest BCUT2D eigenvalue weighted by atomic mass is 32.1.